The van der Waals surface area contributed by atoms with Gasteiger partial charge in [-0.25, -0.2) is 9.59 Å². The minimum Gasteiger partial charge on any atom is -0.480 e. The van der Waals surface area contributed by atoms with Gasteiger partial charge < -0.3 is 20.9 Å². The van der Waals surface area contributed by atoms with E-state index in [9.17, 15) is 14.4 Å². The number of rotatable bonds is 5. The molecule has 7 heteroatoms. The summed E-state index contributed by atoms with van der Waals surface area (Å²) in [6, 6.07) is -2.65. The molecule has 0 aromatic heterocycles. The first kappa shape index (κ1) is 16.4. The summed E-state index contributed by atoms with van der Waals surface area (Å²) < 4.78 is 4.58. The molecule has 0 radical (unpaired) electrons. The molecule has 0 rings (SSSR count). The third-order valence-corrected chi connectivity index (χ3v) is 2.22. The monoisotopic (exact) mass is 260 g/mol. The van der Waals surface area contributed by atoms with Gasteiger partial charge in [-0.1, -0.05) is 20.8 Å². The fourth-order valence-electron chi connectivity index (χ4n) is 1.22. The van der Waals surface area contributed by atoms with E-state index in [1.54, 1.807) is 27.7 Å². The zero-order chi connectivity index (χ0) is 14.5. The number of amides is 1. The Kier molecular flexibility index (Phi) is 5.77. The Hall–Kier alpha value is -1.63. The van der Waals surface area contributed by atoms with Crippen LogP contribution in [-0.4, -0.2) is 41.6 Å². The molecule has 0 aromatic carbocycles. The Labute approximate surface area is 106 Å². The number of esters is 1. The van der Waals surface area contributed by atoms with Crippen LogP contribution in [0.2, 0.25) is 0 Å². The van der Waals surface area contributed by atoms with Crippen LogP contribution in [-0.2, 0) is 19.1 Å². The second kappa shape index (κ2) is 6.34. The molecule has 0 aromatic rings. The van der Waals surface area contributed by atoms with Crippen molar-refractivity contribution in [2.75, 3.05) is 6.61 Å². The second-order valence-corrected chi connectivity index (χ2v) is 4.88. The number of hydrogen-bond acceptors (Lipinski definition) is 5. The maximum Gasteiger partial charge on any atom is 0.332 e. The number of nitrogens with one attached hydrogen (secondary N) is 1. The van der Waals surface area contributed by atoms with E-state index in [0.717, 1.165) is 0 Å². The highest BCUT2D eigenvalue weighted by Crippen LogP contribution is 2.19. The van der Waals surface area contributed by atoms with Crippen LogP contribution in [0.1, 0.15) is 27.7 Å². The lowest BCUT2D eigenvalue weighted by Crippen LogP contribution is -2.55. The van der Waals surface area contributed by atoms with Gasteiger partial charge in [0.15, 0.2) is 6.04 Å². The average Bonchev–Trinajstić information content (AvgIpc) is 2.22. The van der Waals surface area contributed by atoms with Gasteiger partial charge in [0.25, 0.3) is 0 Å². The average molecular weight is 260 g/mol. The van der Waals surface area contributed by atoms with Gasteiger partial charge in [-0.15, -0.1) is 0 Å². The highest BCUT2D eigenvalue weighted by Gasteiger charge is 2.35. The van der Waals surface area contributed by atoms with Gasteiger partial charge in [0.1, 0.15) is 6.04 Å². The highest BCUT2D eigenvalue weighted by atomic mass is 16.5. The number of carbonyl (C=O) groups is 3. The predicted octanol–water partition coefficient (Wildman–Crippen LogP) is -0.508. The second-order valence-electron chi connectivity index (χ2n) is 4.88. The maximum absolute atomic E-state index is 11.6. The molecule has 0 saturated heterocycles. The summed E-state index contributed by atoms with van der Waals surface area (Å²) >= 11 is 0. The van der Waals surface area contributed by atoms with Crippen LogP contribution in [0, 0.1) is 5.41 Å². The van der Waals surface area contributed by atoms with Crippen molar-refractivity contribution in [2.45, 2.75) is 39.8 Å². The number of carbonyl (C=O) groups excluding carboxylic acids is 2. The van der Waals surface area contributed by atoms with E-state index in [1.165, 1.54) is 0 Å². The molecule has 2 atom stereocenters. The van der Waals surface area contributed by atoms with Crippen molar-refractivity contribution >= 4 is 17.8 Å². The summed E-state index contributed by atoms with van der Waals surface area (Å²) in [6.07, 6.45) is 0. The molecule has 4 N–H and O–H groups in total. The summed E-state index contributed by atoms with van der Waals surface area (Å²) in [5.41, 5.74) is 4.66. The zero-order valence-electron chi connectivity index (χ0n) is 11.0. The minimum atomic E-state index is -1.52. The SMILES string of the molecule is CCOC(=O)C(N)C(=O)N[C@@H](C(=O)O)C(C)(C)C. The third kappa shape index (κ3) is 4.70. The number of aliphatic carboxylic acids is 1. The number of ether oxygens (including phenoxy) is 1. The molecule has 7 nitrogen and oxygen atoms in total. The van der Waals surface area contributed by atoms with Crippen molar-refractivity contribution in [3.8, 4) is 0 Å². The molecule has 104 valence electrons. The van der Waals surface area contributed by atoms with E-state index in [2.05, 4.69) is 10.1 Å². The van der Waals surface area contributed by atoms with Crippen LogP contribution in [0.25, 0.3) is 0 Å². The van der Waals surface area contributed by atoms with E-state index in [4.69, 9.17) is 10.8 Å². The van der Waals surface area contributed by atoms with Crippen LogP contribution in [0.5, 0.6) is 0 Å². The van der Waals surface area contributed by atoms with Crippen molar-refractivity contribution in [2.24, 2.45) is 11.1 Å². The number of carboxylic acids is 1. The quantitative estimate of drug-likeness (QED) is 0.452. The van der Waals surface area contributed by atoms with E-state index in [-0.39, 0.29) is 6.61 Å². The largest absolute Gasteiger partial charge is 0.480 e. The predicted molar refractivity (Wildman–Crippen MR) is 63.6 cm³/mol. The normalized spacial score (nSPS) is 14.5. The van der Waals surface area contributed by atoms with E-state index < -0.39 is 35.3 Å². The van der Waals surface area contributed by atoms with Crippen LogP contribution in [0.4, 0.5) is 0 Å². The van der Waals surface area contributed by atoms with Crippen molar-refractivity contribution in [3.63, 3.8) is 0 Å². The third-order valence-electron chi connectivity index (χ3n) is 2.22. The van der Waals surface area contributed by atoms with E-state index >= 15 is 0 Å². The number of hydrogen-bond donors (Lipinski definition) is 3. The van der Waals surface area contributed by atoms with Gasteiger partial charge in [-0.05, 0) is 12.3 Å². The Morgan fingerprint density at radius 2 is 1.83 bits per heavy atom. The summed E-state index contributed by atoms with van der Waals surface area (Å²) in [6.45, 7) is 6.64. The lowest BCUT2D eigenvalue weighted by atomic mass is 9.86. The smallest absolute Gasteiger partial charge is 0.332 e. The number of carboxylic acid groups (broad SMARTS) is 1. The topological polar surface area (TPSA) is 119 Å². The molecule has 1 amide bonds. The molecule has 0 spiro atoms. The lowest BCUT2D eigenvalue weighted by Gasteiger charge is -2.28. The van der Waals surface area contributed by atoms with Crippen LogP contribution >= 0.6 is 0 Å². The molecule has 0 aliphatic carbocycles. The van der Waals surface area contributed by atoms with Crippen molar-refractivity contribution in [3.05, 3.63) is 0 Å². The first-order valence-corrected chi connectivity index (χ1v) is 5.56. The van der Waals surface area contributed by atoms with Gasteiger partial charge in [-0.2, -0.15) is 0 Å². The van der Waals surface area contributed by atoms with Crippen LogP contribution < -0.4 is 11.1 Å². The Morgan fingerprint density at radius 1 is 1.33 bits per heavy atom. The van der Waals surface area contributed by atoms with Gasteiger partial charge in [0.05, 0.1) is 6.61 Å². The van der Waals surface area contributed by atoms with E-state index in [0.29, 0.717) is 0 Å². The van der Waals surface area contributed by atoms with Gasteiger partial charge in [0.2, 0.25) is 5.91 Å². The molecule has 0 fully saturated rings. The summed E-state index contributed by atoms with van der Waals surface area (Å²) in [4.78, 5) is 33.9. The molecule has 0 aliphatic heterocycles. The van der Waals surface area contributed by atoms with Gasteiger partial charge in [-0.3, -0.25) is 4.79 Å². The minimum absolute atomic E-state index is 0.0987. The van der Waals surface area contributed by atoms with Crippen molar-refractivity contribution in [1.29, 1.82) is 0 Å². The lowest BCUT2D eigenvalue weighted by molar-refractivity contribution is -0.151. The molecular formula is C11H20N2O5. The Balaban J connectivity index is 4.72. The fourth-order valence-corrected chi connectivity index (χ4v) is 1.22. The first-order chi connectivity index (χ1) is 8.11. The van der Waals surface area contributed by atoms with Crippen molar-refractivity contribution < 1.29 is 24.2 Å². The maximum atomic E-state index is 11.6. The molecule has 0 heterocycles. The summed E-state index contributed by atoms with van der Waals surface area (Å²) in [5.74, 6) is -2.93. The Morgan fingerprint density at radius 3 is 2.17 bits per heavy atom. The van der Waals surface area contributed by atoms with Gasteiger partial charge in [0, 0.05) is 0 Å². The fraction of sp³-hybridized carbons (Fsp3) is 0.727. The molecule has 0 saturated carbocycles. The summed E-state index contributed by atoms with van der Waals surface area (Å²) in [7, 11) is 0. The standard InChI is InChI=1S/C11H20N2O5/c1-5-18-10(17)6(12)8(14)13-7(9(15)16)11(2,3)4/h6-7H,5,12H2,1-4H3,(H,13,14)(H,15,16)/t6?,7-/m0/s1. The summed E-state index contributed by atoms with van der Waals surface area (Å²) in [5, 5.41) is 11.2. The van der Waals surface area contributed by atoms with Gasteiger partial charge >= 0.3 is 11.9 Å². The van der Waals surface area contributed by atoms with Crippen LogP contribution in [0.15, 0.2) is 0 Å². The van der Waals surface area contributed by atoms with Crippen molar-refractivity contribution in [1.82, 2.24) is 5.32 Å². The highest BCUT2D eigenvalue weighted by molar-refractivity contribution is 6.02. The van der Waals surface area contributed by atoms with E-state index in [1.807, 2.05) is 0 Å². The van der Waals surface area contributed by atoms with Crippen LogP contribution in [0.3, 0.4) is 0 Å². The molecular weight excluding hydrogens is 240 g/mol. The Bertz CT molecular complexity index is 335. The zero-order valence-corrected chi connectivity index (χ0v) is 11.0. The first-order valence-electron chi connectivity index (χ1n) is 5.56. The molecule has 0 bridgehead atoms. The molecule has 18 heavy (non-hydrogen) atoms. The molecule has 1 unspecified atom stereocenters. The number of nitrogens with two attached hydrogens (primary N) is 1. The molecule has 0 aliphatic rings.